The van der Waals surface area contributed by atoms with Crippen LogP contribution in [0.2, 0.25) is 5.02 Å². The molecule has 1 unspecified atom stereocenters. The predicted octanol–water partition coefficient (Wildman–Crippen LogP) is 5.40. The van der Waals surface area contributed by atoms with Gasteiger partial charge in [0.1, 0.15) is 11.5 Å². The molecule has 1 saturated heterocycles. The number of piperidine rings is 1. The van der Waals surface area contributed by atoms with Crippen LogP contribution in [0.4, 0.5) is 8.78 Å². The Morgan fingerprint density at radius 3 is 2.86 bits per heavy atom. The van der Waals surface area contributed by atoms with Gasteiger partial charge in [-0.25, -0.2) is 8.78 Å². The number of aryl methyl sites for hydroxylation is 2. The van der Waals surface area contributed by atoms with E-state index in [2.05, 4.69) is 4.98 Å². The lowest BCUT2D eigenvalue weighted by molar-refractivity contribution is 0.0389. The first-order valence-corrected chi connectivity index (χ1v) is 9.35. The van der Waals surface area contributed by atoms with Crippen molar-refractivity contribution in [2.24, 2.45) is 0 Å². The zero-order chi connectivity index (χ0) is 25.5. The maximum Gasteiger partial charge on any atom is 0.253 e. The zero-order valence-corrected chi connectivity index (χ0v) is 16.2. The summed E-state index contributed by atoms with van der Waals surface area (Å²) < 4.78 is 77.5. The van der Waals surface area contributed by atoms with Gasteiger partial charge in [-0.05, 0) is 68.3 Å². The highest BCUT2D eigenvalue weighted by Gasteiger charge is 2.35. The fourth-order valence-corrected chi connectivity index (χ4v) is 3.13. The fraction of sp³-hybridized carbons (Fsp3) is 0.455. The summed E-state index contributed by atoms with van der Waals surface area (Å²) in [4.78, 5) is 17.7. The number of rotatable bonds is 6. The van der Waals surface area contributed by atoms with E-state index >= 15 is 4.39 Å². The number of hydrogen-bond acceptors (Lipinski definition) is 2. The highest BCUT2D eigenvalue weighted by molar-refractivity contribution is 6.31. The maximum atomic E-state index is 15.6. The summed E-state index contributed by atoms with van der Waals surface area (Å²) in [6.45, 7) is -1.22. The van der Waals surface area contributed by atoms with E-state index in [4.69, 9.17) is 19.8 Å². The second-order valence-electron chi connectivity index (χ2n) is 6.68. The normalized spacial score (nSPS) is 25.6. The van der Waals surface area contributed by atoms with Gasteiger partial charge in [0.15, 0.2) is 0 Å². The van der Waals surface area contributed by atoms with Gasteiger partial charge in [-0.3, -0.25) is 9.78 Å². The second kappa shape index (κ2) is 8.99. The number of nitrogens with zero attached hydrogens (tertiary/aromatic N) is 2. The monoisotopic (exact) mass is 412 g/mol. The minimum atomic E-state index is -2.34. The quantitative estimate of drug-likeness (QED) is 0.636. The Balaban J connectivity index is 1.69. The molecule has 0 bridgehead atoms. The van der Waals surface area contributed by atoms with E-state index in [1.807, 2.05) is 0 Å². The van der Waals surface area contributed by atoms with Crippen molar-refractivity contribution in [3.8, 4) is 0 Å². The van der Waals surface area contributed by atoms with Crippen LogP contribution in [0.5, 0.6) is 0 Å². The summed E-state index contributed by atoms with van der Waals surface area (Å²) in [6.07, 6.45) is -3.78. The van der Waals surface area contributed by atoms with Crippen LogP contribution >= 0.6 is 11.6 Å². The van der Waals surface area contributed by atoms with E-state index in [1.54, 1.807) is 0 Å². The van der Waals surface area contributed by atoms with E-state index in [-0.39, 0.29) is 42.1 Å². The van der Waals surface area contributed by atoms with Gasteiger partial charge < -0.3 is 4.90 Å². The lowest BCUT2D eigenvalue weighted by Crippen LogP contribution is -2.44. The maximum absolute atomic E-state index is 15.6. The van der Waals surface area contributed by atoms with E-state index in [0.29, 0.717) is 5.56 Å². The number of halogens is 3. The molecule has 1 fully saturated rings. The SMILES string of the molecule is [2H]C([2H])(C)c1ccc(C([2H])([2H])CCC2(F)CCN(C(=O)c3ccc(F)c(Cl)c3)C([2H])([2H])C2)nc1. The molecule has 3 rings (SSSR count). The van der Waals surface area contributed by atoms with Crippen LogP contribution in [-0.2, 0) is 12.7 Å². The van der Waals surface area contributed by atoms with Crippen LogP contribution in [0.25, 0.3) is 0 Å². The molecule has 0 N–H and O–H groups in total. The number of likely N-dealkylation sites (tertiary alicyclic amines) is 1. The molecule has 0 saturated carbocycles. The number of benzene rings is 1. The second-order valence-corrected chi connectivity index (χ2v) is 7.09. The molecule has 3 nitrogen and oxygen atoms in total. The highest BCUT2D eigenvalue weighted by Crippen LogP contribution is 2.32. The van der Waals surface area contributed by atoms with E-state index in [1.165, 1.54) is 31.3 Å². The van der Waals surface area contributed by atoms with Crippen LogP contribution in [0.15, 0.2) is 36.5 Å². The number of carbonyl (C=O) groups excluding carboxylic acids is 1. The first-order chi connectivity index (χ1) is 15.5. The van der Waals surface area contributed by atoms with Crippen LogP contribution < -0.4 is 0 Å². The zero-order valence-electron chi connectivity index (χ0n) is 21.4. The molecule has 2 aromatic rings. The van der Waals surface area contributed by atoms with Crippen LogP contribution in [0, 0.1) is 5.82 Å². The minimum absolute atomic E-state index is 0.0102. The minimum Gasteiger partial charge on any atom is -0.338 e. The van der Waals surface area contributed by atoms with E-state index < -0.39 is 43.1 Å². The van der Waals surface area contributed by atoms with Crippen LogP contribution in [-0.4, -0.2) is 34.5 Å². The van der Waals surface area contributed by atoms with Crippen molar-refractivity contribution in [3.05, 3.63) is 64.2 Å². The predicted molar refractivity (Wildman–Crippen MR) is 107 cm³/mol. The fourth-order valence-electron chi connectivity index (χ4n) is 2.95. The molecule has 1 atom stereocenters. The third-order valence-electron chi connectivity index (χ3n) is 4.71. The molecule has 1 aromatic heterocycles. The number of carbonyl (C=O) groups is 1. The third-order valence-corrected chi connectivity index (χ3v) is 5.00. The Labute approximate surface area is 178 Å². The van der Waals surface area contributed by atoms with Gasteiger partial charge >= 0.3 is 0 Å². The molecular weight excluding hydrogens is 382 g/mol. The molecule has 2 heterocycles. The first kappa shape index (κ1) is 14.0. The van der Waals surface area contributed by atoms with Gasteiger partial charge in [-0.2, -0.15) is 0 Å². The molecule has 1 amide bonds. The van der Waals surface area contributed by atoms with E-state index in [0.717, 1.165) is 17.0 Å². The molecule has 1 aliphatic rings. The van der Waals surface area contributed by atoms with Crippen LogP contribution in [0.1, 0.15) is 62.4 Å². The molecule has 0 spiro atoms. The molecule has 6 heteroatoms. The van der Waals surface area contributed by atoms with Gasteiger partial charge in [-0.1, -0.05) is 24.6 Å². The number of hydrogen-bond donors (Lipinski definition) is 0. The van der Waals surface area contributed by atoms with Gasteiger partial charge in [0, 0.05) is 38.7 Å². The molecule has 1 aliphatic heterocycles. The average Bonchev–Trinajstić information content (AvgIpc) is 2.73. The number of pyridine rings is 1. The summed E-state index contributed by atoms with van der Waals surface area (Å²) in [6, 6.07) is 6.11. The number of aromatic nitrogens is 1. The van der Waals surface area contributed by atoms with Gasteiger partial charge in [0.2, 0.25) is 0 Å². The van der Waals surface area contributed by atoms with Crippen molar-refractivity contribution in [2.75, 3.05) is 13.0 Å². The summed E-state index contributed by atoms with van der Waals surface area (Å²) >= 11 is 5.72. The van der Waals surface area contributed by atoms with Crippen molar-refractivity contribution in [1.29, 1.82) is 0 Å². The molecule has 1 aromatic carbocycles. The lowest BCUT2D eigenvalue weighted by Gasteiger charge is -2.36. The molecule has 150 valence electrons. The van der Waals surface area contributed by atoms with Crippen molar-refractivity contribution < 1.29 is 21.8 Å². The lowest BCUT2D eigenvalue weighted by atomic mass is 9.87. The van der Waals surface area contributed by atoms with Crippen molar-refractivity contribution in [3.63, 3.8) is 0 Å². The Hall–Kier alpha value is -2.01. The topological polar surface area (TPSA) is 33.2 Å². The van der Waals surface area contributed by atoms with Gasteiger partial charge in [0.25, 0.3) is 5.91 Å². The molecular formula is C22H25ClF2N2O. The third kappa shape index (κ3) is 5.07. The Kier molecular flexibility index (Phi) is 4.51. The Morgan fingerprint density at radius 2 is 2.21 bits per heavy atom. The summed E-state index contributed by atoms with van der Waals surface area (Å²) in [5.41, 5.74) is -1.73. The largest absolute Gasteiger partial charge is 0.338 e. The summed E-state index contributed by atoms with van der Waals surface area (Å²) in [5, 5.41) is -0.276. The standard InChI is InChI=1S/C22H25ClF2N2O/c1-2-16-5-7-18(26-15-16)4-3-9-22(25)10-12-27(13-11-22)21(28)17-6-8-20(24)19(23)14-17/h5-8,14-15H,2-4,9-13H2,1H3/i2D2,4D2,12D2. The number of alkyl halides is 1. The molecule has 0 radical (unpaired) electrons. The van der Waals surface area contributed by atoms with E-state index in [9.17, 15) is 9.18 Å². The van der Waals surface area contributed by atoms with Gasteiger partial charge in [0.05, 0.1) is 5.02 Å². The van der Waals surface area contributed by atoms with Gasteiger partial charge in [-0.15, -0.1) is 0 Å². The van der Waals surface area contributed by atoms with Crippen molar-refractivity contribution in [1.82, 2.24) is 9.88 Å². The Morgan fingerprint density at radius 1 is 1.39 bits per heavy atom. The summed E-state index contributed by atoms with van der Waals surface area (Å²) in [5.74, 6) is -1.45. The number of amides is 1. The smallest absolute Gasteiger partial charge is 0.253 e. The molecule has 28 heavy (non-hydrogen) atoms. The van der Waals surface area contributed by atoms with Crippen LogP contribution in [0.3, 0.4) is 0 Å². The Bertz CT molecular complexity index is 1060. The van der Waals surface area contributed by atoms with Crippen molar-refractivity contribution >= 4 is 17.5 Å². The average molecular weight is 413 g/mol. The highest BCUT2D eigenvalue weighted by atomic mass is 35.5. The molecule has 0 aliphatic carbocycles. The first-order valence-electron chi connectivity index (χ1n) is 12.0. The van der Waals surface area contributed by atoms with Crippen molar-refractivity contribution in [2.45, 2.75) is 51.0 Å². The summed E-state index contributed by atoms with van der Waals surface area (Å²) in [7, 11) is 0.